The Hall–Kier alpha value is 0.760. The summed E-state index contributed by atoms with van der Waals surface area (Å²) in [5.41, 5.74) is 0. The van der Waals surface area contributed by atoms with Crippen LogP contribution < -0.4 is 0 Å². The van der Waals surface area contributed by atoms with Gasteiger partial charge in [-0.05, 0) is 46.7 Å². The highest BCUT2D eigenvalue weighted by atomic mass is 79.9. The van der Waals surface area contributed by atoms with Crippen molar-refractivity contribution in [1.82, 2.24) is 0 Å². The summed E-state index contributed by atoms with van der Waals surface area (Å²) in [5.74, 6) is 1.50. The van der Waals surface area contributed by atoms with Gasteiger partial charge in [-0.25, -0.2) is 0 Å². The molecule has 1 unspecified atom stereocenters. The zero-order chi connectivity index (χ0) is 11.7. The van der Waals surface area contributed by atoms with E-state index in [2.05, 4.69) is 28.9 Å². The molecule has 0 spiro atoms. The van der Waals surface area contributed by atoms with E-state index in [0.29, 0.717) is 5.92 Å². The monoisotopic (exact) mass is 340 g/mol. The number of thiophene rings is 1. The normalized spacial score (nSPS) is 28.0. The molecule has 1 aromatic heterocycles. The molecule has 0 amide bonds. The van der Waals surface area contributed by atoms with Crippen molar-refractivity contribution >= 4 is 50.5 Å². The fourth-order valence-corrected chi connectivity index (χ4v) is 4.57. The Bertz CT molecular complexity index is 336. The third-order valence-electron chi connectivity index (χ3n) is 3.41. The molecule has 0 radical (unpaired) electrons. The number of alkyl halides is 1. The van der Waals surface area contributed by atoms with Crippen LogP contribution in [0.2, 0.25) is 4.34 Å². The first kappa shape index (κ1) is 13.2. The lowest BCUT2D eigenvalue weighted by Gasteiger charge is -2.28. The van der Waals surface area contributed by atoms with Gasteiger partial charge in [-0.3, -0.25) is 0 Å². The standard InChI is InChI=1S/C12H15BrCl2S/c1-7-2-4-8(5-3-7)11(14)10-6-9(13)12(15)16-10/h6-8,11H,2-5H2,1H3. The topological polar surface area (TPSA) is 0 Å². The Labute approximate surface area is 119 Å². The van der Waals surface area contributed by atoms with Gasteiger partial charge in [0.15, 0.2) is 0 Å². The van der Waals surface area contributed by atoms with Crippen molar-refractivity contribution < 1.29 is 0 Å². The van der Waals surface area contributed by atoms with Crippen molar-refractivity contribution in [2.75, 3.05) is 0 Å². The summed E-state index contributed by atoms with van der Waals surface area (Å²) in [6.45, 7) is 2.33. The summed E-state index contributed by atoms with van der Waals surface area (Å²) in [5, 5.41) is 0.140. The van der Waals surface area contributed by atoms with Gasteiger partial charge in [-0.1, -0.05) is 31.4 Å². The highest BCUT2D eigenvalue weighted by Gasteiger charge is 2.27. The van der Waals surface area contributed by atoms with Gasteiger partial charge in [0.1, 0.15) is 4.34 Å². The maximum absolute atomic E-state index is 6.55. The lowest BCUT2D eigenvalue weighted by Crippen LogP contribution is -2.15. The average Bonchev–Trinajstić information content (AvgIpc) is 2.59. The summed E-state index contributed by atoms with van der Waals surface area (Å²) >= 11 is 17.6. The van der Waals surface area contributed by atoms with Crippen LogP contribution >= 0.6 is 50.5 Å². The molecule has 0 aromatic carbocycles. The van der Waals surface area contributed by atoms with Gasteiger partial charge < -0.3 is 0 Å². The van der Waals surface area contributed by atoms with Crippen LogP contribution in [0.3, 0.4) is 0 Å². The van der Waals surface area contributed by atoms with E-state index in [0.717, 1.165) is 14.7 Å². The first-order valence-electron chi connectivity index (χ1n) is 5.66. The predicted octanol–water partition coefficient (Wildman–Crippen LogP) is 6.27. The minimum absolute atomic E-state index is 0.140. The molecule has 0 aliphatic heterocycles. The van der Waals surface area contributed by atoms with Crippen LogP contribution in [0.5, 0.6) is 0 Å². The van der Waals surface area contributed by atoms with Crippen LogP contribution in [0.1, 0.15) is 42.9 Å². The molecule has 1 aliphatic rings. The fraction of sp³-hybridized carbons (Fsp3) is 0.667. The maximum Gasteiger partial charge on any atom is 0.107 e. The molecule has 0 saturated heterocycles. The summed E-state index contributed by atoms with van der Waals surface area (Å²) in [7, 11) is 0. The molecule has 1 atom stereocenters. The second-order valence-corrected chi connectivity index (χ2v) is 7.70. The zero-order valence-electron chi connectivity index (χ0n) is 9.18. The van der Waals surface area contributed by atoms with E-state index < -0.39 is 0 Å². The van der Waals surface area contributed by atoms with Crippen molar-refractivity contribution in [2.24, 2.45) is 11.8 Å². The van der Waals surface area contributed by atoms with E-state index in [1.54, 1.807) is 11.3 Å². The first-order valence-corrected chi connectivity index (χ1v) is 8.09. The summed E-state index contributed by atoms with van der Waals surface area (Å²) < 4.78 is 1.79. The van der Waals surface area contributed by atoms with Crippen LogP contribution in [-0.2, 0) is 0 Å². The molecule has 1 fully saturated rings. The molecule has 0 nitrogen and oxygen atoms in total. The minimum Gasteiger partial charge on any atom is -0.126 e. The molecule has 0 N–H and O–H groups in total. The van der Waals surface area contributed by atoms with Crippen LogP contribution in [0.25, 0.3) is 0 Å². The average molecular weight is 342 g/mol. The van der Waals surface area contributed by atoms with E-state index in [1.807, 2.05) is 0 Å². The maximum atomic E-state index is 6.55. The largest absolute Gasteiger partial charge is 0.126 e. The number of rotatable bonds is 2. The smallest absolute Gasteiger partial charge is 0.107 e. The zero-order valence-corrected chi connectivity index (χ0v) is 13.1. The van der Waals surface area contributed by atoms with Crippen molar-refractivity contribution in [1.29, 1.82) is 0 Å². The minimum atomic E-state index is 0.140. The molecule has 1 saturated carbocycles. The molecule has 0 bridgehead atoms. The Balaban J connectivity index is 2.04. The molecule has 1 aliphatic carbocycles. The van der Waals surface area contributed by atoms with Crippen LogP contribution in [0.4, 0.5) is 0 Å². The van der Waals surface area contributed by atoms with E-state index in [9.17, 15) is 0 Å². The highest BCUT2D eigenvalue weighted by molar-refractivity contribution is 9.10. The molecular formula is C12H15BrCl2S. The number of hydrogen-bond acceptors (Lipinski definition) is 1. The second kappa shape index (κ2) is 5.60. The summed E-state index contributed by atoms with van der Waals surface area (Å²) in [6.07, 6.45) is 5.13. The quantitative estimate of drug-likeness (QED) is 0.556. The highest BCUT2D eigenvalue weighted by Crippen LogP contribution is 2.45. The molecule has 1 aromatic rings. The van der Waals surface area contributed by atoms with Crippen LogP contribution in [-0.4, -0.2) is 0 Å². The SMILES string of the molecule is CC1CCC(C(Cl)c2cc(Br)c(Cl)s2)CC1. The second-order valence-electron chi connectivity index (χ2n) is 4.69. The third kappa shape index (κ3) is 2.95. The summed E-state index contributed by atoms with van der Waals surface area (Å²) in [6, 6.07) is 2.07. The van der Waals surface area contributed by atoms with Crippen LogP contribution in [0, 0.1) is 11.8 Å². The Morgan fingerprint density at radius 1 is 1.38 bits per heavy atom. The Morgan fingerprint density at radius 2 is 2.00 bits per heavy atom. The molecular weight excluding hydrogens is 327 g/mol. The van der Waals surface area contributed by atoms with Gasteiger partial charge in [0.05, 0.1) is 5.38 Å². The van der Waals surface area contributed by atoms with E-state index in [-0.39, 0.29) is 5.38 Å². The lowest BCUT2D eigenvalue weighted by atomic mass is 9.81. The molecule has 2 rings (SSSR count). The molecule has 16 heavy (non-hydrogen) atoms. The van der Waals surface area contributed by atoms with Crippen molar-refractivity contribution in [3.05, 3.63) is 19.8 Å². The fourth-order valence-electron chi connectivity index (χ4n) is 2.31. The molecule has 4 heteroatoms. The molecule has 1 heterocycles. The number of hydrogen-bond donors (Lipinski definition) is 0. The van der Waals surface area contributed by atoms with Gasteiger partial charge in [0, 0.05) is 9.35 Å². The van der Waals surface area contributed by atoms with Crippen LogP contribution in [0.15, 0.2) is 10.5 Å². The lowest BCUT2D eigenvalue weighted by molar-refractivity contribution is 0.284. The van der Waals surface area contributed by atoms with Gasteiger partial charge in [-0.15, -0.1) is 22.9 Å². The Morgan fingerprint density at radius 3 is 2.50 bits per heavy atom. The third-order valence-corrected chi connectivity index (χ3v) is 6.69. The van der Waals surface area contributed by atoms with Crippen molar-refractivity contribution in [3.8, 4) is 0 Å². The van der Waals surface area contributed by atoms with Crippen molar-refractivity contribution in [2.45, 2.75) is 38.0 Å². The van der Waals surface area contributed by atoms with E-state index in [4.69, 9.17) is 23.2 Å². The van der Waals surface area contributed by atoms with Gasteiger partial charge in [0.2, 0.25) is 0 Å². The Kier molecular flexibility index (Phi) is 4.62. The molecule has 90 valence electrons. The van der Waals surface area contributed by atoms with Gasteiger partial charge in [-0.2, -0.15) is 0 Å². The summed E-state index contributed by atoms with van der Waals surface area (Å²) in [4.78, 5) is 1.21. The van der Waals surface area contributed by atoms with Gasteiger partial charge >= 0.3 is 0 Å². The van der Waals surface area contributed by atoms with E-state index >= 15 is 0 Å². The predicted molar refractivity (Wildman–Crippen MR) is 76.7 cm³/mol. The van der Waals surface area contributed by atoms with Gasteiger partial charge in [0.25, 0.3) is 0 Å². The first-order chi connectivity index (χ1) is 7.58. The van der Waals surface area contributed by atoms with Crippen molar-refractivity contribution in [3.63, 3.8) is 0 Å². The number of halogens is 3. The van der Waals surface area contributed by atoms with E-state index in [1.165, 1.54) is 30.6 Å².